The Kier molecular flexibility index (Phi) is 2.98. The van der Waals surface area contributed by atoms with Crippen LogP contribution in [0.3, 0.4) is 0 Å². The highest BCUT2D eigenvalue weighted by molar-refractivity contribution is 9.07. The Hall–Kier alpha value is -1.00. The second-order valence-electron chi connectivity index (χ2n) is 2.94. The van der Waals surface area contributed by atoms with Gasteiger partial charge in [0.2, 0.25) is 0 Å². The molecule has 1 aromatic rings. The van der Waals surface area contributed by atoms with E-state index in [-0.39, 0.29) is 5.82 Å². The molecule has 1 aromatic carbocycles. The number of anilines is 1. The normalized spacial score (nSPS) is 14.9. The molecule has 2 rings (SSSR count). The Morgan fingerprint density at radius 2 is 1.80 bits per heavy atom. The largest absolute Gasteiger partial charge is 0.318 e. The molecule has 0 aromatic heterocycles. The number of halogens is 3. The molecule has 0 amide bonds. The first-order valence-electron chi connectivity index (χ1n) is 4.21. The second-order valence-corrected chi connectivity index (χ2v) is 4.20. The number of hydrogen-bond acceptors (Lipinski definition) is 2. The summed E-state index contributed by atoms with van der Waals surface area (Å²) in [7, 11) is 0. The summed E-state index contributed by atoms with van der Waals surface area (Å²) in [6, 6.07) is 4.58. The van der Waals surface area contributed by atoms with Crippen LogP contribution in [0, 0.1) is 5.82 Å². The molecule has 1 aliphatic heterocycles. The van der Waals surface area contributed by atoms with Gasteiger partial charge >= 0.3 is 0 Å². The van der Waals surface area contributed by atoms with Crippen molar-refractivity contribution in [3.8, 4) is 0 Å². The van der Waals surface area contributed by atoms with Crippen molar-refractivity contribution in [1.29, 1.82) is 0 Å². The highest BCUT2D eigenvalue weighted by Gasteiger charge is 2.09. The van der Waals surface area contributed by atoms with Crippen molar-refractivity contribution in [1.82, 2.24) is 3.93 Å². The monoisotopic (exact) mass is 288 g/mol. The molecule has 0 saturated heterocycles. The predicted octanol–water partition coefficient (Wildman–Crippen LogP) is 3.85. The van der Waals surface area contributed by atoms with Crippen LogP contribution >= 0.6 is 27.7 Å². The third-order valence-electron chi connectivity index (χ3n) is 1.93. The zero-order valence-electron chi connectivity index (χ0n) is 7.57. The maximum absolute atomic E-state index is 13.5. The van der Waals surface area contributed by atoms with Crippen LogP contribution in [0.1, 0.15) is 0 Å². The van der Waals surface area contributed by atoms with E-state index in [1.54, 1.807) is 45.8 Å². The van der Waals surface area contributed by atoms with Crippen LogP contribution in [0.25, 0.3) is 0 Å². The Bertz CT molecular complexity index is 419. The molecule has 5 heteroatoms. The number of hydrogen-bond donors (Lipinski definition) is 0. The molecule has 2 nitrogen and oxygen atoms in total. The topological polar surface area (TPSA) is 6.48 Å². The molecule has 0 fully saturated rings. The summed E-state index contributed by atoms with van der Waals surface area (Å²) in [5, 5.41) is 0.392. The number of rotatable bonds is 1. The second kappa shape index (κ2) is 4.24. The quantitative estimate of drug-likeness (QED) is 0.725. The molecule has 1 aliphatic rings. The molecule has 15 heavy (non-hydrogen) atoms. The van der Waals surface area contributed by atoms with Crippen molar-refractivity contribution in [3.63, 3.8) is 0 Å². The summed E-state index contributed by atoms with van der Waals surface area (Å²) in [6.07, 6.45) is 6.99. The summed E-state index contributed by atoms with van der Waals surface area (Å²) in [4.78, 5) is 1.67. The van der Waals surface area contributed by atoms with Gasteiger partial charge in [-0.25, -0.2) is 4.39 Å². The van der Waals surface area contributed by atoms with Crippen LogP contribution < -0.4 is 4.90 Å². The van der Waals surface area contributed by atoms with E-state index >= 15 is 0 Å². The molecule has 0 radical (unpaired) electrons. The lowest BCUT2D eigenvalue weighted by Crippen LogP contribution is -2.14. The fourth-order valence-corrected chi connectivity index (χ4v) is 1.59. The zero-order valence-corrected chi connectivity index (χ0v) is 9.91. The fraction of sp³-hybridized carbons (Fsp3) is 0. The van der Waals surface area contributed by atoms with E-state index in [9.17, 15) is 4.39 Å². The first kappa shape index (κ1) is 10.5. The maximum atomic E-state index is 13.5. The van der Waals surface area contributed by atoms with Crippen LogP contribution in [0.4, 0.5) is 10.1 Å². The Labute approximate surface area is 101 Å². The highest BCUT2D eigenvalue weighted by atomic mass is 79.9. The van der Waals surface area contributed by atoms with Crippen LogP contribution in [-0.4, -0.2) is 3.93 Å². The third kappa shape index (κ3) is 2.33. The van der Waals surface area contributed by atoms with Gasteiger partial charge in [0, 0.05) is 29.8 Å². The van der Waals surface area contributed by atoms with Gasteiger partial charge in [0.15, 0.2) is 0 Å². The molecule has 0 N–H and O–H groups in total. The van der Waals surface area contributed by atoms with Crippen molar-refractivity contribution in [2.75, 3.05) is 4.90 Å². The number of benzene rings is 1. The Morgan fingerprint density at radius 1 is 1.13 bits per heavy atom. The molecule has 0 unspecified atom stereocenters. The minimum absolute atomic E-state index is 0.347. The first-order valence-corrected chi connectivity index (χ1v) is 5.30. The Balaban J connectivity index is 2.31. The van der Waals surface area contributed by atoms with Crippen LogP contribution in [0.5, 0.6) is 0 Å². The van der Waals surface area contributed by atoms with E-state index in [4.69, 9.17) is 11.6 Å². The van der Waals surface area contributed by atoms with Gasteiger partial charge in [0.25, 0.3) is 0 Å². The van der Waals surface area contributed by atoms with Crippen molar-refractivity contribution in [2.24, 2.45) is 0 Å². The minimum atomic E-state index is -0.347. The molecule has 0 atom stereocenters. The van der Waals surface area contributed by atoms with Gasteiger partial charge in [0.05, 0.1) is 21.8 Å². The van der Waals surface area contributed by atoms with E-state index in [1.165, 1.54) is 6.07 Å². The van der Waals surface area contributed by atoms with E-state index in [0.29, 0.717) is 10.7 Å². The average molecular weight is 290 g/mol. The predicted molar refractivity (Wildman–Crippen MR) is 62.9 cm³/mol. The van der Waals surface area contributed by atoms with Crippen LogP contribution in [0.15, 0.2) is 43.0 Å². The van der Waals surface area contributed by atoms with Gasteiger partial charge in [-0.2, -0.15) is 0 Å². The summed E-state index contributed by atoms with van der Waals surface area (Å²) < 4.78 is 15.2. The minimum Gasteiger partial charge on any atom is -0.318 e. The van der Waals surface area contributed by atoms with E-state index in [1.807, 2.05) is 0 Å². The maximum Gasteiger partial charge on any atom is 0.148 e. The first-order chi connectivity index (χ1) is 7.16. The van der Waals surface area contributed by atoms with Gasteiger partial charge in [-0.1, -0.05) is 11.6 Å². The lowest BCUT2D eigenvalue weighted by atomic mass is 10.3. The third-order valence-corrected chi connectivity index (χ3v) is 2.64. The molecule has 0 spiro atoms. The summed E-state index contributed by atoms with van der Waals surface area (Å²) >= 11 is 8.91. The average Bonchev–Trinajstić information content (AvgIpc) is 2.20. The number of nitrogens with zero attached hydrogens (tertiary/aromatic N) is 2. The van der Waals surface area contributed by atoms with Crippen LogP contribution in [-0.2, 0) is 0 Å². The molecule has 78 valence electrons. The van der Waals surface area contributed by atoms with Crippen molar-refractivity contribution in [3.05, 3.63) is 53.8 Å². The highest BCUT2D eigenvalue weighted by Crippen LogP contribution is 2.25. The molecular formula is C10H7BrClFN2. The van der Waals surface area contributed by atoms with Gasteiger partial charge in [-0.3, -0.25) is 3.93 Å². The zero-order chi connectivity index (χ0) is 10.8. The summed E-state index contributed by atoms with van der Waals surface area (Å²) in [6.45, 7) is 0. The molecule has 0 bridgehead atoms. The SMILES string of the molecule is Fc1cc(Cl)ccc1N1C=CN(Br)C=C1. The molecular weight excluding hydrogens is 282 g/mol. The van der Waals surface area contributed by atoms with Gasteiger partial charge < -0.3 is 4.90 Å². The van der Waals surface area contributed by atoms with Crippen LogP contribution in [0.2, 0.25) is 5.02 Å². The Morgan fingerprint density at radius 3 is 2.40 bits per heavy atom. The lowest BCUT2D eigenvalue weighted by Gasteiger charge is -2.21. The smallest absolute Gasteiger partial charge is 0.148 e. The van der Waals surface area contributed by atoms with Crippen molar-refractivity contribution < 1.29 is 4.39 Å². The fourth-order valence-electron chi connectivity index (χ4n) is 1.22. The van der Waals surface area contributed by atoms with E-state index < -0.39 is 0 Å². The molecule has 0 aliphatic carbocycles. The standard InChI is InChI=1S/C10H7BrClFN2/c11-15-5-3-14(4-6-15)10-2-1-8(12)7-9(10)13/h1-7H. The summed E-state index contributed by atoms with van der Waals surface area (Å²) in [5.74, 6) is -0.347. The van der Waals surface area contributed by atoms with Gasteiger partial charge in [-0.05, 0) is 18.2 Å². The summed E-state index contributed by atoms with van der Waals surface area (Å²) in [5.41, 5.74) is 0.465. The lowest BCUT2D eigenvalue weighted by molar-refractivity contribution is 0.627. The van der Waals surface area contributed by atoms with Gasteiger partial charge in [-0.15, -0.1) is 0 Å². The van der Waals surface area contributed by atoms with Gasteiger partial charge in [0.1, 0.15) is 5.82 Å². The molecule has 0 saturated carbocycles. The molecule has 1 heterocycles. The van der Waals surface area contributed by atoms with E-state index in [2.05, 4.69) is 16.1 Å². The van der Waals surface area contributed by atoms with E-state index in [0.717, 1.165) is 0 Å². The van der Waals surface area contributed by atoms with Crippen molar-refractivity contribution in [2.45, 2.75) is 0 Å². The van der Waals surface area contributed by atoms with Crippen molar-refractivity contribution >= 4 is 33.4 Å².